The summed E-state index contributed by atoms with van der Waals surface area (Å²) < 4.78 is 55.0. The molecule has 3 aromatic carbocycles. The van der Waals surface area contributed by atoms with E-state index in [1.807, 2.05) is 57.2 Å². The van der Waals surface area contributed by atoms with Crippen molar-refractivity contribution in [3.05, 3.63) is 99.9 Å². The van der Waals surface area contributed by atoms with E-state index in [9.17, 15) is 67.0 Å². The highest BCUT2D eigenvalue weighted by atomic mass is 35.9. The van der Waals surface area contributed by atoms with Gasteiger partial charge >= 0.3 is 61.0 Å². The van der Waals surface area contributed by atoms with Crippen LogP contribution in [0.5, 0.6) is 5.75 Å². The van der Waals surface area contributed by atoms with E-state index in [1.54, 1.807) is 123 Å². The molecule has 4 atom stereocenters. The molecule has 0 fully saturated rings. The molecular formula is C71H108Cl3N5O25P2. The van der Waals surface area contributed by atoms with E-state index in [4.69, 9.17) is 94.5 Å². The van der Waals surface area contributed by atoms with Crippen LogP contribution in [0.4, 0.5) is 4.79 Å². The third-order valence-electron chi connectivity index (χ3n) is 13.0. The Balaban J connectivity index is 0. The van der Waals surface area contributed by atoms with Gasteiger partial charge in [-0.05, 0) is 192 Å². The molecule has 0 spiro atoms. The van der Waals surface area contributed by atoms with Crippen molar-refractivity contribution in [1.29, 1.82) is 0 Å². The van der Waals surface area contributed by atoms with Gasteiger partial charge in [-0.2, -0.15) is 0 Å². The van der Waals surface area contributed by atoms with Crippen LogP contribution in [-0.2, 0) is 70.8 Å². The summed E-state index contributed by atoms with van der Waals surface area (Å²) in [6.45, 7) is 32.1. The number of nitrogens with one attached hydrogen (secondary N) is 3. The molecule has 1 aliphatic carbocycles. The van der Waals surface area contributed by atoms with Gasteiger partial charge in [-0.3, -0.25) is 51.8 Å². The number of carbonyl (C=O) groups is 10. The van der Waals surface area contributed by atoms with Crippen LogP contribution >= 0.6 is 47.7 Å². The van der Waals surface area contributed by atoms with Crippen molar-refractivity contribution in [3.8, 4) is 16.9 Å². The first-order valence-electron chi connectivity index (χ1n) is 33.1. The number of esters is 2. The Bertz CT molecular complexity index is 3680. The number of alkyl carbamates (subject to hydrolysis) is 1. The molecule has 35 heteroatoms. The van der Waals surface area contributed by atoms with Crippen molar-refractivity contribution in [1.82, 2.24) is 15.7 Å². The van der Waals surface area contributed by atoms with Gasteiger partial charge in [0, 0.05) is 54.3 Å². The summed E-state index contributed by atoms with van der Waals surface area (Å²) in [7, 11) is -3.71. The van der Waals surface area contributed by atoms with E-state index in [0.29, 0.717) is 10.9 Å². The quantitative estimate of drug-likeness (QED) is 0.0127. The number of aryl methyl sites for hydroxylation is 1. The number of ether oxygens (including phenoxy) is 3. The van der Waals surface area contributed by atoms with E-state index in [-0.39, 0.29) is 74.5 Å². The molecule has 0 saturated carbocycles. The Labute approximate surface area is 633 Å². The Morgan fingerprint density at radius 2 is 1.07 bits per heavy atom. The molecule has 30 nitrogen and oxygen atoms in total. The standard InChI is InChI=1S/C22H28NO9P.C17H15NO4.C11H20N2O5.C9H17NO4.C4H9Cl2OP.C4H9ClO.C4H10O/c1-13-9-20(27)31-18-11-16(6-7-17(13)18)32-33(30,22(2,3)4)23-12-15(24)10-14(21(28)29)5-8-19(25)26;19-16(20)9-18-17(21)22-10-15-13-7-3-1-5-11(13)12-6-2-4-8-14(12)15;1-11(2,3)18-10(17)7(4-5-9(15)16)13-8(14)6-12;1-9(2,3)14-8(13)6(10)4-5-7(11)12;1-4(2,3)8(5,6)7;1-4(2,3)6-5;1-4(2,3)5/h6-7,9,11,14H,5,8,10,12H2,1-4H3,(H,23,30)(H,25,26)(H,28,29);1-8,15H,9-10H2,(H,18,21)(H,19,20);7H,4-6,12H2,1-3H3,(H,13,14)(H,15,16);6H,4-5,10H2,1-3H3,(H,11,12);1-3H3;1-3H3;5H,1-3H3/t14-,33?;;7-;6-;;;/m1.00.../s1. The first kappa shape index (κ1) is 101. The lowest BCUT2D eigenvalue weighted by Crippen LogP contribution is -2.46. The van der Waals surface area contributed by atoms with E-state index in [2.05, 4.69) is 32.1 Å². The normalized spacial score (nSPS) is 13.3. The maximum atomic E-state index is 13.6. The monoisotopic (exact) mass is 1600 g/mol. The second-order valence-corrected chi connectivity index (χ2v) is 38.4. The van der Waals surface area contributed by atoms with Crippen LogP contribution in [-0.4, -0.2) is 161 Å². The van der Waals surface area contributed by atoms with Crippen molar-refractivity contribution in [2.45, 2.75) is 227 Å². The number of aliphatic hydroxyl groups is 1. The summed E-state index contributed by atoms with van der Waals surface area (Å²) >= 11 is 15.6. The number of halogens is 3. The Kier molecular flexibility index (Phi) is 43.0. The van der Waals surface area contributed by atoms with Crippen LogP contribution in [0.1, 0.15) is 192 Å². The van der Waals surface area contributed by atoms with Gasteiger partial charge < -0.3 is 75.9 Å². The molecule has 106 heavy (non-hydrogen) atoms. The molecule has 13 N–H and O–H groups in total. The third-order valence-corrected chi connectivity index (χ3v) is 20.9. The number of fused-ring (bicyclic) bond motifs is 4. The summed E-state index contributed by atoms with van der Waals surface area (Å²) in [5, 5.41) is 58.4. The molecule has 5 rings (SSSR count). The number of hydrogen-bond acceptors (Lipinski definition) is 22. The predicted molar refractivity (Wildman–Crippen MR) is 404 cm³/mol. The molecular weight excluding hydrogens is 1490 g/mol. The van der Waals surface area contributed by atoms with Crippen LogP contribution in [0.15, 0.2) is 82.0 Å². The lowest BCUT2D eigenvalue weighted by atomic mass is 9.97. The second kappa shape index (κ2) is 45.3. The molecule has 0 aliphatic heterocycles. The lowest BCUT2D eigenvalue weighted by molar-refractivity contribution is -0.159. The SMILES string of the molecule is CC(C)(C)O.CC(C)(C)OC(=O)[C@@H](N)CCC(=O)O.CC(C)(C)OC(=O)[C@H](CCC(=O)O)NC(=O)CN.CC(C)(C)OCl.CC(C)(C)P(=O)(Cl)Cl.Cc1cc(=O)oc2cc(OP(=O)(NCC(=O)C[C@@H](CCC(=O)O)C(=O)O)C(C)(C)C)ccc12.O=C(O)CNC(=O)OCC1c2ccccc2-c2ccccc21. The lowest BCUT2D eigenvalue weighted by Gasteiger charge is -2.31. The molecule has 0 radical (unpaired) electrons. The van der Waals surface area contributed by atoms with Crippen LogP contribution in [0.2, 0.25) is 0 Å². The van der Waals surface area contributed by atoms with Gasteiger partial charge in [0.25, 0.3) is 5.85 Å². The number of nitrogens with two attached hydrogens (primary N) is 2. The minimum Gasteiger partial charge on any atom is -0.481 e. The van der Waals surface area contributed by atoms with Crippen molar-refractivity contribution in [2.75, 3.05) is 26.2 Å². The smallest absolute Gasteiger partial charge is 0.407 e. The summed E-state index contributed by atoms with van der Waals surface area (Å²) in [4.78, 5) is 123. The van der Waals surface area contributed by atoms with Crippen LogP contribution in [0.3, 0.4) is 0 Å². The highest BCUT2D eigenvalue weighted by molar-refractivity contribution is 8.09. The Hall–Kier alpha value is -7.50. The molecule has 1 aromatic heterocycles. The second-order valence-electron chi connectivity index (χ2n) is 29.7. The number of hydrogen-bond donors (Lipinski definition) is 11. The average molecular weight is 1600 g/mol. The van der Waals surface area contributed by atoms with Gasteiger partial charge in [-0.25, -0.2) is 19.5 Å². The molecule has 1 unspecified atom stereocenters. The minimum absolute atomic E-state index is 0.0250. The molecule has 0 bridgehead atoms. The molecule has 4 aromatic rings. The van der Waals surface area contributed by atoms with E-state index in [1.165, 1.54) is 12.1 Å². The molecule has 2 amide bonds. The van der Waals surface area contributed by atoms with Gasteiger partial charge in [0.2, 0.25) is 5.91 Å². The first-order chi connectivity index (χ1) is 48.1. The zero-order chi connectivity index (χ0) is 82.9. The summed E-state index contributed by atoms with van der Waals surface area (Å²) in [6.07, 6.45) is -1.98. The molecule has 0 saturated heterocycles. The maximum absolute atomic E-state index is 13.6. The topological polar surface area (TPSA) is 491 Å². The number of aliphatic carboxylic acids is 5. The van der Waals surface area contributed by atoms with E-state index < -0.39 is 143 Å². The van der Waals surface area contributed by atoms with Crippen molar-refractivity contribution >= 4 is 118 Å². The summed E-state index contributed by atoms with van der Waals surface area (Å²) in [6, 6.07) is 20.2. The zero-order valence-electron chi connectivity index (χ0n) is 63.6. The fourth-order valence-electron chi connectivity index (χ4n) is 7.78. The Morgan fingerprint density at radius 3 is 1.47 bits per heavy atom. The average Bonchev–Trinajstić information content (AvgIpc) is 1.55. The predicted octanol–water partition coefficient (Wildman–Crippen LogP) is 12.5. The summed E-state index contributed by atoms with van der Waals surface area (Å²) in [5.41, 5.74) is 13.6. The number of ketones is 1. The van der Waals surface area contributed by atoms with Crippen LogP contribution in [0.25, 0.3) is 22.1 Å². The number of benzene rings is 3. The number of rotatable bonds is 25. The van der Waals surface area contributed by atoms with Crippen LogP contribution in [0, 0.1) is 12.8 Å². The fourth-order valence-corrected chi connectivity index (χ4v) is 9.39. The summed E-state index contributed by atoms with van der Waals surface area (Å²) in [5.74, 6) is -11.8. The van der Waals surface area contributed by atoms with E-state index >= 15 is 0 Å². The molecule has 1 heterocycles. The van der Waals surface area contributed by atoms with Gasteiger partial charge in [0.05, 0.1) is 47.2 Å². The first-order valence-corrected chi connectivity index (χ1v) is 38.5. The van der Waals surface area contributed by atoms with Gasteiger partial charge in [-0.15, -0.1) is 0 Å². The number of carboxylic acids is 5. The maximum Gasteiger partial charge on any atom is 0.407 e. The van der Waals surface area contributed by atoms with Gasteiger partial charge in [0.15, 0.2) is 0 Å². The number of amides is 2. The largest absolute Gasteiger partial charge is 0.481 e. The van der Waals surface area contributed by atoms with Gasteiger partial charge in [0.1, 0.15) is 53.6 Å². The van der Waals surface area contributed by atoms with Crippen molar-refractivity contribution in [3.63, 3.8) is 0 Å². The number of carbonyl (C=O) groups excluding carboxylic acids is 5. The molecule has 598 valence electrons. The Morgan fingerprint density at radius 1 is 0.623 bits per heavy atom. The third kappa shape index (κ3) is 44.6. The molecule has 1 aliphatic rings. The number of carboxylic acid groups (broad SMARTS) is 5. The van der Waals surface area contributed by atoms with Crippen molar-refractivity contribution < 1.29 is 115 Å². The van der Waals surface area contributed by atoms with Gasteiger partial charge in [-0.1, -0.05) is 69.3 Å². The van der Waals surface area contributed by atoms with Crippen LogP contribution < -0.4 is 37.3 Å². The highest BCUT2D eigenvalue weighted by Gasteiger charge is 2.41. The minimum atomic E-state index is -3.71. The highest BCUT2D eigenvalue weighted by Crippen LogP contribution is 2.66. The number of Topliss-reactive ketones (excluding diaryl/α,β-unsaturated/α-hetero) is 1. The zero-order valence-corrected chi connectivity index (χ0v) is 67.7. The van der Waals surface area contributed by atoms with E-state index in [0.717, 1.165) is 22.3 Å². The van der Waals surface area contributed by atoms with Crippen molar-refractivity contribution in [2.24, 2.45) is 17.4 Å². The fraction of sp³-hybridized carbons (Fsp3) is 0.563.